The minimum absolute atomic E-state index is 0.0506. The van der Waals surface area contributed by atoms with Crippen molar-refractivity contribution >= 4 is 28.9 Å². The molecule has 0 aliphatic heterocycles. The van der Waals surface area contributed by atoms with Gasteiger partial charge in [0.25, 0.3) is 0 Å². The van der Waals surface area contributed by atoms with E-state index in [2.05, 4.69) is 20.8 Å². The summed E-state index contributed by atoms with van der Waals surface area (Å²) in [4.78, 5) is 12.8. The number of esters is 1. The third-order valence-corrected chi connectivity index (χ3v) is 6.95. The molecule has 2 bridgehead atoms. The molecule has 3 rings (SSSR count). The van der Waals surface area contributed by atoms with Gasteiger partial charge in [0, 0.05) is 5.41 Å². The van der Waals surface area contributed by atoms with E-state index in [-0.39, 0.29) is 22.9 Å². The van der Waals surface area contributed by atoms with Gasteiger partial charge in [-0.1, -0.05) is 32.4 Å². The maximum atomic E-state index is 12.2. The number of rotatable bonds is 2. The molecule has 1 aromatic heterocycles. The summed E-state index contributed by atoms with van der Waals surface area (Å²) in [5.41, 5.74) is 0.388. The second kappa shape index (κ2) is 4.23. The summed E-state index contributed by atoms with van der Waals surface area (Å²) in [6.07, 6.45) is 3.49. The average Bonchev–Trinajstić information content (AvgIpc) is 2.91. The Morgan fingerprint density at radius 3 is 2.63 bits per heavy atom. The Labute approximate surface area is 123 Å². The van der Waals surface area contributed by atoms with E-state index in [1.165, 1.54) is 17.8 Å². The Morgan fingerprint density at radius 2 is 2.16 bits per heavy atom. The molecule has 0 saturated heterocycles. The summed E-state index contributed by atoms with van der Waals surface area (Å²) in [7, 11) is 0. The van der Waals surface area contributed by atoms with Crippen molar-refractivity contribution in [2.45, 2.75) is 46.1 Å². The molecule has 0 aromatic carbocycles. The predicted molar refractivity (Wildman–Crippen MR) is 77.8 cm³/mol. The Balaban J connectivity index is 1.77. The second-order valence-electron chi connectivity index (χ2n) is 6.61. The molecule has 2 saturated carbocycles. The summed E-state index contributed by atoms with van der Waals surface area (Å²) in [6, 6.07) is 3.49. The van der Waals surface area contributed by atoms with E-state index in [9.17, 15) is 4.79 Å². The van der Waals surface area contributed by atoms with Gasteiger partial charge >= 0.3 is 5.97 Å². The SMILES string of the molecule is CC1(C)C2CCC1(C)C(OC(=O)c1ccc(Cl)s1)C2. The maximum absolute atomic E-state index is 12.2. The lowest BCUT2D eigenvalue weighted by Crippen LogP contribution is -2.38. The molecule has 2 nitrogen and oxygen atoms in total. The molecule has 104 valence electrons. The summed E-state index contributed by atoms with van der Waals surface area (Å²) < 4.78 is 6.43. The van der Waals surface area contributed by atoms with Crippen molar-refractivity contribution in [2.24, 2.45) is 16.7 Å². The van der Waals surface area contributed by atoms with E-state index in [1.54, 1.807) is 12.1 Å². The Kier molecular flexibility index (Phi) is 2.99. The fraction of sp³-hybridized carbons (Fsp3) is 0.667. The first-order valence-corrected chi connectivity index (χ1v) is 8.00. The number of carbonyl (C=O) groups is 1. The van der Waals surface area contributed by atoms with Crippen LogP contribution in [0.4, 0.5) is 0 Å². The Hall–Kier alpha value is -0.540. The van der Waals surface area contributed by atoms with Crippen molar-refractivity contribution in [3.63, 3.8) is 0 Å². The third kappa shape index (κ3) is 1.85. The van der Waals surface area contributed by atoms with Crippen molar-refractivity contribution in [3.8, 4) is 0 Å². The van der Waals surface area contributed by atoms with Gasteiger partial charge in [0.2, 0.25) is 0 Å². The smallest absolute Gasteiger partial charge is 0.348 e. The summed E-state index contributed by atoms with van der Waals surface area (Å²) in [5, 5.41) is 0. The number of hydrogen-bond acceptors (Lipinski definition) is 3. The minimum atomic E-state index is -0.216. The van der Waals surface area contributed by atoms with Crippen LogP contribution in [-0.2, 0) is 4.74 Å². The third-order valence-electron chi connectivity index (χ3n) is 5.74. The van der Waals surface area contributed by atoms with Gasteiger partial charge in [-0.3, -0.25) is 0 Å². The fourth-order valence-electron chi connectivity index (χ4n) is 3.92. The number of ether oxygens (including phenoxy) is 1. The van der Waals surface area contributed by atoms with Gasteiger partial charge in [-0.05, 0) is 42.7 Å². The van der Waals surface area contributed by atoms with Crippen LogP contribution >= 0.6 is 22.9 Å². The molecule has 2 aliphatic rings. The lowest BCUT2D eigenvalue weighted by atomic mass is 9.70. The molecule has 3 unspecified atom stereocenters. The molecule has 2 aliphatic carbocycles. The average molecular weight is 299 g/mol. The van der Waals surface area contributed by atoms with Crippen molar-refractivity contribution in [1.29, 1.82) is 0 Å². The molecular weight excluding hydrogens is 280 g/mol. The molecular formula is C15H19ClO2S. The van der Waals surface area contributed by atoms with Crippen molar-refractivity contribution in [3.05, 3.63) is 21.3 Å². The fourth-order valence-corrected chi connectivity index (χ4v) is 4.85. The van der Waals surface area contributed by atoms with Crippen LogP contribution < -0.4 is 0 Å². The lowest BCUT2D eigenvalue weighted by molar-refractivity contribution is -0.0238. The number of carbonyl (C=O) groups excluding carboxylic acids is 1. The highest BCUT2D eigenvalue weighted by Gasteiger charge is 2.62. The van der Waals surface area contributed by atoms with Crippen LogP contribution in [0.25, 0.3) is 0 Å². The van der Waals surface area contributed by atoms with Crippen LogP contribution in [0.2, 0.25) is 4.34 Å². The largest absolute Gasteiger partial charge is 0.458 e. The van der Waals surface area contributed by atoms with Gasteiger partial charge in [-0.25, -0.2) is 4.79 Å². The van der Waals surface area contributed by atoms with E-state index >= 15 is 0 Å². The molecule has 1 heterocycles. The zero-order chi connectivity index (χ0) is 13.8. The first-order chi connectivity index (χ1) is 8.84. The molecule has 4 heteroatoms. The summed E-state index contributed by atoms with van der Waals surface area (Å²) in [5.74, 6) is 0.466. The minimum Gasteiger partial charge on any atom is -0.458 e. The van der Waals surface area contributed by atoms with E-state index in [0.717, 1.165) is 12.8 Å². The van der Waals surface area contributed by atoms with Crippen LogP contribution in [0.3, 0.4) is 0 Å². The Bertz CT molecular complexity index is 522. The molecule has 0 N–H and O–H groups in total. The Morgan fingerprint density at radius 1 is 1.42 bits per heavy atom. The molecule has 0 radical (unpaired) electrons. The van der Waals surface area contributed by atoms with Crippen LogP contribution in [0.1, 0.15) is 49.7 Å². The topological polar surface area (TPSA) is 26.3 Å². The number of hydrogen-bond donors (Lipinski definition) is 0. The van der Waals surface area contributed by atoms with E-state index < -0.39 is 0 Å². The zero-order valence-electron chi connectivity index (χ0n) is 11.5. The molecule has 2 fully saturated rings. The zero-order valence-corrected chi connectivity index (χ0v) is 13.1. The van der Waals surface area contributed by atoms with Gasteiger partial charge in [0.05, 0.1) is 4.34 Å². The quantitative estimate of drug-likeness (QED) is 0.735. The predicted octanol–water partition coefficient (Wildman–Crippen LogP) is 4.77. The monoisotopic (exact) mass is 298 g/mol. The van der Waals surface area contributed by atoms with E-state index in [1.807, 2.05) is 0 Å². The van der Waals surface area contributed by atoms with Crippen LogP contribution in [0.5, 0.6) is 0 Å². The molecule has 0 spiro atoms. The highest BCUT2D eigenvalue weighted by molar-refractivity contribution is 7.17. The number of fused-ring (bicyclic) bond motifs is 2. The van der Waals surface area contributed by atoms with E-state index in [4.69, 9.17) is 16.3 Å². The molecule has 3 atom stereocenters. The highest BCUT2D eigenvalue weighted by Crippen LogP contribution is 2.66. The first-order valence-electron chi connectivity index (χ1n) is 6.81. The summed E-state index contributed by atoms with van der Waals surface area (Å²) >= 11 is 7.16. The van der Waals surface area contributed by atoms with Gasteiger partial charge in [-0.15, -0.1) is 11.3 Å². The standard InChI is InChI=1S/C15H19ClO2S/c1-14(2)9-6-7-15(14,3)11(8-9)18-13(17)10-4-5-12(16)19-10/h4-5,9,11H,6-8H2,1-3H3. The van der Waals surface area contributed by atoms with Gasteiger partial charge in [0.1, 0.15) is 11.0 Å². The van der Waals surface area contributed by atoms with Gasteiger partial charge in [0.15, 0.2) is 0 Å². The maximum Gasteiger partial charge on any atom is 0.348 e. The number of thiophene rings is 1. The normalized spacial score (nSPS) is 35.6. The first kappa shape index (κ1) is 13.4. The van der Waals surface area contributed by atoms with Gasteiger partial charge < -0.3 is 4.74 Å². The molecule has 0 amide bonds. The van der Waals surface area contributed by atoms with E-state index in [0.29, 0.717) is 15.1 Å². The molecule has 19 heavy (non-hydrogen) atoms. The molecule has 1 aromatic rings. The lowest BCUT2D eigenvalue weighted by Gasteiger charge is -2.38. The van der Waals surface area contributed by atoms with Crippen molar-refractivity contribution in [1.82, 2.24) is 0 Å². The van der Waals surface area contributed by atoms with Crippen LogP contribution in [0, 0.1) is 16.7 Å². The second-order valence-corrected chi connectivity index (χ2v) is 8.32. The van der Waals surface area contributed by atoms with Crippen LogP contribution in [0.15, 0.2) is 12.1 Å². The van der Waals surface area contributed by atoms with Crippen molar-refractivity contribution in [2.75, 3.05) is 0 Å². The summed E-state index contributed by atoms with van der Waals surface area (Å²) in [6.45, 7) is 6.92. The van der Waals surface area contributed by atoms with Gasteiger partial charge in [-0.2, -0.15) is 0 Å². The highest BCUT2D eigenvalue weighted by atomic mass is 35.5. The van der Waals surface area contributed by atoms with Crippen LogP contribution in [-0.4, -0.2) is 12.1 Å². The van der Waals surface area contributed by atoms with Crippen molar-refractivity contribution < 1.29 is 9.53 Å². The number of halogens is 1.